The number of carboxylic acids is 1. The molecule has 14 heavy (non-hydrogen) atoms. The summed E-state index contributed by atoms with van der Waals surface area (Å²) in [6.45, 7) is 1.83. The molecule has 3 N–H and O–H groups in total. The van der Waals surface area contributed by atoms with Gasteiger partial charge in [0.1, 0.15) is 5.69 Å². The van der Waals surface area contributed by atoms with E-state index in [0.29, 0.717) is 5.69 Å². The number of carboxylic acid groups (broad SMARTS) is 1. The van der Waals surface area contributed by atoms with Crippen molar-refractivity contribution in [3.63, 3.8) is 0 Å². The van der Waals surface area contributed by atoms with Crippen LogP contribution in [0.15, 0.2) is 0 Å². The van der Waals surface area contributed by atoms with Crippen molar-refractivity contribution >= 4 is 5.97 Å². The van der Waals surface area contributed by atoms with Gasteiger partial charge in [-0.15, -0.1) is 5.10 Å². The molecule has 0 spiro atoms. The van der Waals surface area contributed by atoms with E-state index in [1.807, 2.05) is 0 Å². The van der Waals surface area contributed by atoms with Crippen molar-refractivity contribution in [2.45, 2.75) is 18.8 Å². The van der Waals surface area contributed by atoms with Gasteiger partial charge in [-0.1, -0.05) is 0 Å². The minimum absolute atomic E-state index is 0.0666. The highest BCUT2D eigenvalue weighted by Gasteiger charge is 2.24. The van der Waals surface area contributed by atoms with E-state index in [-0.39, 0.29) is 11.6 Å². The first-order valence-corrected chi connectivity index (χ1v) is 4.63. The van der Waals surface area contributed by atoms with Gasteiger partial charge in [-0.25, -0.2) is 4.79 Å². The molecule has 1 saturated heterocycles. The average molecular weight is 196 g/mol. The Hall–Kier alpha value is -1.43. The summed E-state index contributed by atoms with van der Waals surface area (Å²) in [5.74, 6) is -0.784. The van der Waals surface area contributed by atoms with Gasteiger partial charge in [0.05, 0.1) is 0 Å². The highest BCUT2D eigenvalue weighted by Crippen LogP contribution is 2.24. The monoisotopic (exact) mass is 196 g/mol. The van der Waals surface area contributed by atoms with Gasteiger partial charge in [0.15, 0.2) is 5.69 Å². The molecule has 1 aliphatic rings. The van der Waals surface area contributed by atoms with Gasteiger partial charge < -0.3 is 10.4 Å². The van der Waals surface area contributed by atoms with Crippen molar-refractivity contribution < 1.29 is 9.90 Å². The largest absolute Gasteiger partial charge is 0.476 e. The third kappa shape index (κ3) is 1.60. The molecular formula is C8H12N4O2. The van der Waals surface area contributed by atoms with Crippen molar-refractivity contribution in [3.8, 4) is 0 Å². The Kier molecular flexibility index (Phi) is 2.45. The molecule has 0 radical (unpaired) electrons. The molecule has 0 bridgehead atoms. The van der Waals surface area contributed by atoms with Crippen molar-refractivity contribution in [2.75, 3.05) is 13.1 Å². The molecule has 0 aromatic carbocycles. The predicted molar refractivity (Wildman–Crippen MR) is 48.2 cm³/mol. The Labute approximate surface area is 80.7 Å². The molecule has 1 fully saturated rings. The summed E-state index contributed by atoms with van der Waals surface area (Å²) in [6, 6.07) is 0. The van der Waals surface area contributed by atoms with Crippen LogP contribution in [0.1, 0.15) is 34.9 Å². The van der Waals surface area contributed by atoms with Crippen LogP contribution in [0.3, 0.4) is 0 Å². The van der Waals surface area contributed by atoms with Gasteiger partial charge in [-0.3, -0.25) is 0 Å². The number of H-pyrrole nitrogens is 1. The summed E-state index contributed by atoms with van der Waals surface area (Å²) in [4.78, 5) is 10.8. The second-order valence-electron chi connectivity index (χ2n) is 3.39. The van der Waals surface area contributed by atoms with E-state index < -0.39 is 5.97 Å². The van der Waals surface area contributed by atoms with Gasteiger partial charge in [0, 0.05) is 5.92 Å². The standard InChI is InChI=1S/C8H12N4O2/c13-8(14)7-6(10-12-11-7)5-1-3-9-4-2-5/h5,9H,1-4H2,(H,13,14)(H,10,11,12). The van der Waals surface area contributed by atoms with Crippen molar-refractivity contribution in [1.29, 1.82) is 0 Å². The number of aromatic amines is 1. The molecule has 0 aliphatic carbocycles. The molecule has 0 unspecified atom stereocenters. The van der Waals surface area contributed by atoms with Crippen LogP contribution in [0.5, 0.6) is 0 Å². The number of carbonyl (C=O) groups is 1. The second kappa shape index (κ2) is 3.75. The molecule has 6 nitrogen and oxygen atoms in total. The zero-order chi connectivity index (χ0) is 9.97. The lowest BCUT2D eigenvalue weighted by Gasteiger charge is -2.20. The summed E-state index contributed by atoms with van der Waals surface area (Å²) < 4.78 is 0. The summed E-state index contributed by atoms with van der Waals surface area (Å²) in [7, 11) is 0. The van der Waals surface area contributed by atoms with Gasteiger partial charge in [-0.2, -0.15) is 10.3 Å². The molecular weight excluding hydrogens is 184 g/mol. The van der Waals surface area contributed by atoms with Crippen LogP contribution in [-0.2, 0) is 0 Å². The molecule has 0 atom stereocenters. The molecule has 0 amide bonds. The minimum Gasteiger partial charge on any atom is -0.476 e. The molecule has 1 aromatic heterocycles. The number of rotatable bonds is 2. The highest BCUT2D eigenvalue weighted by molar-refractivity contribution is 5.86. The van der Waals surface area contributed by atoms with Crippen molar-refractivity contribution in [3.05, 3.63) is 11.4 Å². The molecule has 2 rings (SSSR count). The lowest BCUT2D eigenvalue weighted by Crippen LogP contribution is -2.27. The number of piperidine rings is 1. The average Bonchev–Trinajstić information content (AvgIpc) is 2.67. The van der Waals surface area contributed by atoms with Crippen LogP contribution >= 0.6 is 0 Å². The maximum Gasteiger partial charge on any atom is 0.358 e. The first kappa shape index (κ1) is 9.14. The smallest absolute Gasteiger partial charge is 0.358 e. The molecule has 76 valence electrons. The van der Waals surface area contributed by atoms with E-state index in [9.17, 15) is 4.79 Å². The third-order valence-electron chi connectivity index (χ3n) is 2.50. The molecule has 1 aromatic rings. The van der Waals surface area contributed by atoms with E-state index in [0.717, 1.165) is 25.9 Å². The first-order chi connectivity index (χ1) is 6.79. The second-order valence-corrected chi connectivity index (χ2v) is 3.39. The fourth-order valence-electron chi connectivity index (χ4n) is 1.78. The van der Waals surface area contributed by atoms with E-state index in [2.05, 4.69) is 20.7 Å². The van der Waals surface area contributed by atoms with Crippen LogP contribution in [0.25, 0.3) is 0 Å². The number of hydrogen-bond acceptors (Lipinski definition) is 4. The summed E-state index contributed by atoms with van der Waals surface area (Å²) in [6.07, 6.45) is 1.85. The Bertz CT molecular complexity index is 330. The van der Waals surface area contributed by atoms with Crippen molar-refractivity contribution in [2.24, 2.45) is 0 Å². The lowest BCUT2D eigenvalue weighted by atomic mass is 9.93. The summed E-state index contributed by atoms with van der Waals surface area (Å²) in [5.41, 5.74) is 0.663. The molecule has 2 heterocycles. The van der Waals surface area contributed by atoms with Gasteiger partial charge in [0.25, 0.3) is 0 Å². The Morgan fingerprint density at radius 2 is 2.07 bits per heavy atom. The quantitative estimate of drug-likeness (QED) is 0.618. The van der Waals surface area contributed by atoms with Crippen LogP contribution in [0.4, 0.5) is 0 Å². The van der Waals surface area contributed by atoms with Crippen LogP contribution < -0.4 is 5.32 Å². The van der Waals surface area contributed by atoms with Crippen molar-refractivity contribution in [1.82, 2.24) is 20.7 Å². The molecule has 1 aliphatic heterocycles. The Morgan fingerprint density at radius 3 is 2.71 bits per heavy atom. The fraction of sp³-hybridized carbons (Fsp3) is 0.625. The predicted octanol–water partition coefficient (Wildman–Crippen LogP) is -0.0301. The van der Waals surface area contributed by atoms with Gasteiger partial charge in [0.2, 0.25) is 0 Å². The zero-order valence-electron chi connectivity index (χ0n) is 7.66. The highest BCUT2D eigenvalue weighted by atomic mass is 16.4. The molecule has 0 saturated carbocycles. The fourth-order valence-corrected chi connectivity index (χ4v) is 1.78. The lowest BCUT2D eigenvalue weighted by molar-refractivity contribution is 0.0688. The van der Waals surface area contributed by atoms with Crippen LogP contribution in [0.2, 0.25) is 0 Å². The normalized spacial score (nSPS) is 18.3. The summed E-state index contributed by atoms with van der Waals surface area (Å²) in [5, 5.41) is 22.0. The van der Waals surface area contributed by atoms with E-state index in [1.165, 1.54) is 0 Å². The van der Waals surface area contributed by atoms with Gasteiger partial charge in [-0.05, 0) is 25.9 Å². The maximum absolute atomic E-state index is 10.8. The number of aromatic nitrogens is 3. The van der Waals surface area contributed by atoms with Crippen LogP contribution in [0, 0.1) is 0 Å². The molecule has 6 heteroatoms. The van der Waals surface area contributed by atoms with E-state index in [4.69, 9.17) is 5.11 Å². The third-order valence-corrected chi connectivity index (χ3v) is 2.50. The first-order valence-electron chi connectivity index (χ1n) is 4.63. The summed E-state index contributed by atoms with van der Waals surface area (Å²) >= 11 is 0. The SMILES string of the molecule is O=C(O)c1n[nH]nc1C1CCNCC1. The Balaban J connectivity index is 2.21. The number of hydrogen-bond donors (Lipinski definition) is 3. The van der Waals surface area contributed by atoms with E-state index in [1.54, 1.807) is 0 Å². The van der Waals surface area contributed by atoms with Crippen LogP contribution in [-0.4, -0.2) is 39.6 Å². The Morgan fingerprint density at radius 1 is 1.36 bits per heavy atom. The number of nitrogens with one attached hydrogen (secondary N) is 2. The topological polar surface area (TPSA) is 90.9 Å². The minimum atomic E-state index is -1.01. The number of nitrogens with zero attached hydrogens (tertiary/aromatic N) is 2. The zero-order valence-corrected chi connectivity index (χ0v) is 7.66. The maximum atomic E-state index is 10.8. The van der Waals surface area contributed by atoms with E-state index >= 15 is 0 Å². The van der Waals surface area contributed by atoms with Gasteiger partial charge >= 0.3 is 5.97 Å². The number of aromatic carboxylic acids is 1.